The van der Waals surface area contributed by atoms with Crippen molar-refractivity contribution in [3.63, 3.8) is 0 Å². The fraction of sp³-hybridized carbons (Fsp3) is 0.533. The molecule has 1 rings (SSSR count). The molecule has 17 heavy (non-hydrogen) atoms. The van der Waals surface area contributed by atoms with E-state index in [-0.39, 0.29) is 0 Å². The van der Waals surface area contributed by atoms with Gasteiger partial charge < -0.3 is 5.11 Å². The van der Waals surface area contributed by atoms with Gasteiger partial charge in [-0.3, -0.25) is 4.79 Å². The van der Waals surface area contributed by atoms with Crippen LogP contribution in [0.15, 0.2) is 18.2 Å². The van der Waals surface area contributed by atoms with Crippen molar-refractivity contribution in [2.24, 2.45) is 5.41 Å². The van der Waals surface area contributed by atoms with Gasteiger partial charge in [-0.1, -0.05) is 32.0 Å². The van der Waals surface area contributed by atoms with Crippen LogP contribution in [-0.2, 0) is 11.2 Å². The molecule has 1 N–H and O–H groups in total. The van der Waals surface area contributed by atoms with Crippen molar-refractivity contribution >= 4 is 5.97 Å². The predicted octanol–water partition coefficient (Wildman–Crippen LogP) is 3.74. The van der Waals surface area contributed by atoms with Gasteiger partial charge in [0.25, 0.3) is 0 Å². The molecule has 0 amide bonds. The topological polar surface area (TPSA) is 37.3 Å². The van der Waals surface area contributed by atoms with Gasteiger partial charge in [0.05, 0.1) is 5.41 Å². The molecule has 0 heterocycles. The van der Waals surface area contributed by atoms with Crippen molar-refractivity contribution in [1.29, 1.82) is 0 Å². The molecule has 0 atom stereocenters. The zero-order chi connectivity index (χ0) is 13.1. The predicted molar refractivity (Wildman–Crippen MR) is 70.3 cm³/mol. The van der Waals surface area contributed by atoms with E-state index in [2.05, 4.69) is 26.0 Å². The lowest BCUT2D eigenvalue weighted by atomic mass is 9.77. The largest absolute Gasteiger partial charge is 0.481 e. The third-order valence-corrected chi connectivity index (χ3v) is 3.92. The Kier molecular flexibility index (Phi) is 4.33. The molecule has 0 unspecified atom stereocenters. The van der Waals surface area contributed by atoms with Crippen LogP contribution in [0.2, 0.25) is 0 Å². The second-order valence-corrected chi connectivity index (χ2v) is 4.89. The fourth-order valence-electron chi connectivity index (χ4n) is 2.18. The monoisotopic (exact) mass is 234 g/mol. The third kappa shape index (κ3) is 2.87. The van der Waals surface area contributed by atoms with Crippen LogP contribution in [0.25, 0.3) is 0 Å². The highest BCUT2D eigenvalue weighted by molar-refractivity contribution is 5.75. The molecule has 0 saturated carbocycles. The lowest BCUT2D eigenvalue weighted by molar-refractivity contribution is -0.149. The quantitative estimate of drug-likeness (QED) is 0.842. The van der Waals surface area contributed by atoms with E-state index in [0.717, 1.165) is 5.56 Å². The molecule has 0 radical (unpaired) electrons. The summed E-state index contributed by atoms with van der Waals surface area (Å²) in [5.41, 5.74) is 3.00. The summed E-state index contributed by atoms with van der Waals surface area (Å²) in [6, 6.07) is 6.23. The summed E-state index contributed by atoms with van der Waals surface area (Å²) in [5.74, 6) is -0.680. The van der Waals surface area contributed by atoms with Crippen LogP contribution < -0.4 is 0 Å². The summed E-state index contributed by atoms with van der Waals surface area (Å²) in [6.07, 6.45) is 1.97. The lowest BCUT2D eigenvalue weighted by Crippen LogP contribution is -2.32. The average molecular weight is 234 g/mol. The summed E-state index contributed by atoms with van der Waals surface area (Å²) in [6.45, 7) is 8.06. The van der Waals surface area contributed by atoms with Crippen molar-refractivity contribution < 1.29 is 9.90 Å². The first-order chi connectivity index (χ1) is 7.95. The molecule has 2 heteroatoms. The fourth-order valence-corrected chi connectivity index (χ4v) is 2.18. The summed E-state index contributed by atoms with van der Waals surface area (Å²) in [7, 11) is 0. The zero-order valence-corrected chi connectivity index (χ0v) is 11.2. The summed E-state index contributed by atoms with van der Waals surface area (Å²) in [4.78, 5) is 11.4. The van der Waals surface area contributed by atoms with Gasteiger partial charge in [-0.15, -0.1) is 0 Å². The van der Waals surface area contributed by atoms with Crippen molar-refractivity contribution in [1.82, 2.24) is 0 Å². The Bertz CT molecular complexity index is 403. The minimum absolute atomic E-state index is 0.609. The molecular weight excluding hydrogens is 212 g/mol. The van der Waals surface area contributed by atoms with Crippen LogP contribution in [0.4, 0.5) is 0 Å². The highest BCUT2D eigenvalue weighted by atomic mass is 16.4. The van der Waals surface area contributed by atoms with Gasteiger partial charge in [-0.2, -0.15) is 0 Å². The second kappa shape index (κ2) is 5.35. The van der Waals surface area contributed by atoms with Crippen molar-refractivity contribution in [2.75, 3.05) is 0 Å². The highest BCUT2D eigenvalue weighted by Crippen LogP contribution is 2.31. The first-order valence-corrected chi connectivity index (χ1v) is 6.24. The standard InChI is InChI=1S/C15H22O2/c1-5-15(6-2,14(16)17)10-13-8-7-11(3)12(4)9-13/h7-9H,5-6,10H2,1-4H3,(H,16,17). The molecule has 1 aromatic carbocycles. The maximum absolute atomic E-state index is 11.4. The number of hydrogen-bond donors (Lipinski definition) is 1. The average Bonchev–Trinajstić information content (AvgIpc) is 2.30. The molecule has 0 aliphatic carbocycles. The summed E-state index contributed by atoms with van der Waals surface area (Å²) in [5, 5.41) is 9.41. The Hall–Kier alpha value is -1.31. The van der Waals surface area contributed by atoms with E-state index in [1.807, 2.05) is 19.9 Å². The van der Waals surface area contributed by atoms with Crippen LogP contribution in [-0.4, -0.2) is 11.1 Å². The molecule has 0 fully saturated rings. The number of carboxylic acids is 1. The normalized spacial score (nSPS) is 11.5. The Labute approximate surface area is 104 Å². The van der Waals surface area contributed by atoms with E-state index in [4.69, 9.17) is 0 Å². The molecule has 94 valence electrons. The van der Waals surface area contributed by atoms with E-state index >= 15 is 0 Å². The van der Waals surface area contributed by atoms with Crippen molar-refractivity contribution in [2.45, 2.75) is 47.0 Å². The van der Waals surface area contributed by atoms with E-state index in [0.29, 0.717) is 19.3 Å². The van der Waals surface area contributed by atoms with Crippen molar-refractivity contribution in [3.8, 4) is 0 Å². The van der Waals surface area contributed by atoms with E-state index in [1.165, 1.54) is 11.1 Å². The number of aryl methyl sites for hydroxylation is 2. The van der Waals surface area contributed by atoms with Crippen LogP contribution >= 0.6 is 0 Å². The minimum Gasteiger partial charge on any atom is -0.481 e. The maximum Gasteiger partial charge on any atom is 0.309 e. The maximum atomic E-state index is 11.4. The van der Waals surface area contributed by atoms with Gasteiger partial charge in [-0.25, -0.2) is 0 Å². The molecule has 1 aromatic rings. The summed E-state index contributed by atoms with van der Waals surface area (Å²) < 4.78 is 0. The highest BCUT2D eigenvalue weighted by Gasteiger charge is 2.34. The second-order valence-electron chi connectivity index (χ2n) is 4.89. The molecular formula is C15H22O2. The van der Waals surface area contributed by atoms with Gasteiger partial charge in [0.1, 0.15) is 0 Å². The Morgan fingerprint density at radius 2 is 1.76 bits per heavy atom. The number of aliphatic carboxylic acids is 1. The molecule has 2 nitrogen and oxygen atoms in total. The van der Waals surface area contributed by atoms with Gasteiger partial charge in [0.15, 0.2) is 0 Å². The molecule has 0 bridgehead atoms. The van der Waals surface area contributed by atoms with Crippen molar-refractivity contribution in [3.05, 3.63) is 34.9 Å². The van der Waals surface area contributed by atoms with Crippen LogP contribution in [0.3, 0.4) is 0 Å². The van der Waals surface area contributed by atoms with Gasteiger partial charge in [0.2, 0.25) is 0 Å². The zero-order valence-electron chi connectivity index (χ0n) is 11.2. The Balaban J connectivity index is 3.01. The Morgan fingerprint density at radius 3 is 2.18 bits per heavy atom. The number of benzene rings is 1. The molecule has 0 aromatic heterocycles. The number of carbonyl (C=O) groups is 1. The van der Waals surface area contributed by atoms with Gasteiger partial charge in [-0.05, 0) is 49.8 Å². The molecule has 0 spiro atoms. The Morgan fingerprint density at radius 1 is 1.18 bits per heavy atom. The third-order valence-electron chi connectivity index (χ3n) is 3.92. The van der Waals surface area contributed by atoms with Gasteiger partial charge >= 0.3 is 5.97 Å². The smallest absolute Gasteiger partial charge is 0.309 e. The first kappa shape index (κ1) is 13.8. The molecule has 0 aliphatic heterocycles. The SMILES string of the molecule is CCC(CC)(Cc1ccc(C)c(C)c1)C(=O)O. The molecule has 0 saturated heterocycles. The molecule has 0 aliphatic rings. The minimum atomic E-state index is -0.680. The van der Waals surface area contributed by atoms with Crippen LogP contribution in [0.1, 0.15) is 43.4 Å². The lowest BCUT2D eigenvalue weighted by Gasteiger charge is -2.27. The number of hydrogen-bond acceptors (Lipinski definition) is 1. The van der Waals surface area contributed by atoms with E-state index < -0.39 is 11.4 Å². The number of carboxylic acid groups (broad SMARTS) is 1. The summed E-state index contributed by atoms with van der Waals surface area (Å²) >= 11 is 0. The van der Waals surface area contributed by atoms with E-state index in [9.17, 15) is 9.90 Å². The van der Waals surface area contributed by atoms with Gasteiger partial charge in [0, 0.05) is 0 Å². The number of rotatable bonds is 5. The first-order valence-electron chi connectivity index (χ1n) is 6.24. The van der Waals surface area contributed by atoms with Crippen LogP contribution in [0.5, 0.6) is 0 Å². The van der Waals surface area contributed by atoms with E-state index in [1.54, 1.807) is 0 Å². The van der Waals surface area contributed by atoms with Crippen LogP contribution in [0, 0.1) is 19.3 Å².